The number of amides is 1. The smallest absolute Gasteiger partial charge is 0.222 e. The number of rotatable bonds is 4. The molecule has 1 aliphatic rings. The summed E-state index contributed by atoms with van der Waals surface area (Å²) in [5.41, 5.74) is 0. The second kappa shape index (κ2) is 6.49. The number of carbonyl (C=O) groups excluding carboxylic acids is 1. The zero-order chi connectivity index (χ0) is 12.0. The number of nitriles is 1. The van der Waals surface area contributed by atoms with Gasteiger partial charge in [-0.3, -0.25) is 9.69 Å². The lowest BCUT2D eigenvalue weighted by Crippen LogP contribution is -2.48. The summed E-state index contributed by atoms with van der Waals surface area (Å²) in [7, 11) is 0. The van der Waals surface area contributed by atoms with Crippen molar-refractivity contribution in [1.82, 2.24) is 9.80 Å². The van der Waals surface area contributed by atoms with Gasteiger partial charge in [0.25, 0.3) is 0 Å². The molecule has 0 unspecified atom stereocenters. The van der Waals surface area contributed by atoms with E-state index < -0.39 is 0 Å². The van der Waals surface area contributed by atoms with E-state index in [1.54, 1.807) is 0 Å². The molecule has 1 aliphatic heterocycles. The SMILES string of the molecule is CC(C)CCC(=O)N1CCN(CC#N)CC1. The van der Waals surface area contributed by atoms with E-state index in [4.69, 9.17) is 5.26 Å². The van der Waals surface area contributed by atoms with Gasteiger partial charge in [0.1, 0.15) is 0 Å². The molecule has 0 spiro atoms. The van der Waals surface area contributed by atoms with Crippen LogP contribution in [0.3, 0.4) is 0 Å². The number of hydrogen-bond acceptors (Lipinski definition) is 3. The molecular formula is C12H21N3O. The summed E-state index contributed by atoms with van der Waals surface area (Å²) in [6.45, 7) is 7.98. The molecule has 16 heavy (non-hydrogen) atoms. The lowest BCUT2D eigenvalue weighted by atomic mass is 10.1. The van der Waals surface area contributed by atoms with Crippen molar-refractivity contribution >= 4 is 5.91 Å². The van der Waals surface area contributed by atoms with Gasteiger partial charge in [-0.1, -0.05) is 13.8 Å². The van der Waals surface area contributed by atoms with Gasteiger partial charge in [0.05, 0.1) is 12.6 Å². The highest BCUT2D eigenvalue weighted by Gasteiger charge is 2.20. The molecule has 4 nitrogen and oxygen atoms in total. The first-order chi connectivity index (χ1) is 7.63. The van der Waals surface area contributed by atoms with Crippen molar-refractivity contribution in [2.24, 2.45) is 5.92 Å². The predicted octanol–water partition coefficient (Wildman–Crippen LogP) is 1.09. The molecule has 0 aromatic heterocycles. The Morgan fingerprint density at radius 1 is 1.31 bits per heavy atom. The summed E-state index contributed by atoms with van der Waals surface area (Å²) in [6.07, 6.45) is 1.63. The Bertz CT molecular complexity index is 262. The maximum absolute atomic E-state index is 11.8. The van der Waals surface area contributed by atoms with Crippen molar-refractivity contribution in [2.45, 2.75) is 26.7 Å². The molecule has 1 saturated heterocycles. The summed E-state index contributed by atoms with van der Waals surface area (Å²) in [5.74, 6) is 0.856. The minimum absolute atomic E-state index is 0.269. The fourth-order valence-electron chi connectivity index (χ4n) is 1.83. The van der Waals surface area contributed by atoms with Crippen LogP contribution in [0.25, 0.3) is 0 Å². The van der Waals surface area contributed by atoms with E-state index >= 15 is 0 Å². The van der Waals surface area contributed by atoms with Crippen LogP contribution in [0, 0.1) is 17.2 Å². The van der Waals surface area contributed by atoms with Crippen LogP contribution in [0.1, 0.15) is 26.7 Å². The van der Waals surface area contributed by atoms with Gasteiger partial charge in [-0.05, 0) is 12.3 Å². The van der Waals surface area contributed by atoms with Gasteiger partial charge in [-0.15, -0.1) is 0 Å². The molecule has 0 saturated carbocycles. The van der Waals surface area contributed by atoms with Crippen LogP contribution >= 0.6 is 0 Å². The highest BCUT2D eigenvalue weighted by atomic mass is 16.2. The lowest BCUT2D eigenvalue weighted by Gasteiger charge is -2.33. The van der Waals surface area contributed by atoms with Gasteiger partial charge in [-0.25, -0.2) is 0 Å². The van der Waals surface area contributed by atoms with E-state index in [2.05, 4.69) is 24.8 Å². The molecule has 0 aromatic rings. The zero-order valence-electron chi connectivity index (χ0n) is 10.3. The van der Waals surface area contributed by atoms with E-state index in [1.807, 2.05) is 4.90 Å². The zero-order valence-corrected chi connectivity index (χ0v) is 10.3. The van der Waals surface area contributed by atoms with Crippen molar-refractivity contribution < 1.29 is 4.79 Å². The molecule has 0 aromatic carbocycles. The Balaban J connectivity index is 2.25. The molecule has 1 amide bonds. The van der Waals surface area contributed by atoms with Crippen LogP contribution in [-0.4, -0.2) is 48.4 Å². The van der Waals surface area contributed by atoms with E-state index in [0.717, 1.165) is 32.6 Å². The van der Waals surface area contributed by atoms with E-state index in [1.165, 1.54) is 0 Å². The highest BCUT2D eigenvalue weighted by molar-refractivity contribution is 5.76. The quantitative estimate of drug-likeness (QED) is 0.670. The summed E-state index contributed by atoms with van der Waals surface area (Å²) in [6, 6.07) is 2.14. The van der Waals surface area contributed by atoms with Crippen molar-refractivity contribution in [3.8, 4) is 6.07 Å². The van der Waals surface area contributed by atoms with Crippen LogP contribution in [0.15, 0.2) is 0 Å². The monoisotopic (exact) mass is 223 g/mol. The van der Waals surface area contributed by atoms with Gasteiger partial charge in [-0.2, -0.15) is 5.26 Å². The summed E-state index contributed by atoms with van der Waals surface area (Å²) in [5, 5.41) is 8.57. The van der Waals surface area contributed by atoms with E-state index in [9.17, 15) is 4.79 Å². The van der Waals surface area contributed by atoms with E-state index in [0.29, 0.717) is 18.9 Å². The average molecular weight is 223 g/mol. The van der Waals surface area contributed by atoms with Gasteiger partial charge in [0.2, 0.25) is 5.91 Å². The topological polar surface area (TPSA) is 47.3 Å². The van der Waals surface area contributed by atoms with Crippen LogP contribution in [-0.2, 0) is 4.79 Å². The standard InChI is InChI=1S/C12H21N3O/c1-11(2)3-4-12(16)15-9-7-14(6-5-13)8-10-15/h11H,3-4,6-10H2,1-2H3. The van der Waals surface area contributed by atoms with E-state index in [-0.39, 0.29) is 5.91 Å². The Labute approximate surface area is 97.8 Å². The number of nitrogens with zero attached hydrogens (tertiary/aromatic N) is 3. The Kier molecular flexibility index (Phi) is 5.27. The number of piperazine rings is 1. The summed E-state index contributed by atoms with van der Waals surface area (Å²) < 4.78 is 0. The van der Waals surface area contributed by atoms with Crippen LogP contribution < -0.4 is 0 Å². The highest BCUT2D eigenvalue weighted by Crippen LogP contribution is 2.08. The molecule has 0 atom stereocenters. The predicted molar refractivity (Wildman–Crippen MR) is 62.7 cm³/mol. The van der Waals surface area contributed by atoms with Crippen molar-refractivity contribution in [2.75, 3.05) is 32.7 Å². The van der Waals surface area contributed by atoms with Crippen molar-refractivity contribution in [1.29, 1.82) is 5.26 Å². The summed E-state index contributed by atoms with van der Waals surface area (Å²) >= 11 is 0. The third-order valence-corrected chi connectivity index (χ3v) is 2.95. The fourth-order valence-corrected chi connectivity index (χ4v) is 1.83. The molecule has 0 aliphatic carbocycles. The maximum Gasteiger partial charge on any atom is 0.222 e. The van der Waals surface area contributed by atoms with Gasteiger partial charge < -0.3 is 4.90 Å². The lowest BCUT2D eigenvalue weighted by molar-refractivity contribution is -0.133. The molecule has 1 fully saturated rings. The molecule has 1 heterocycles. The molecule has 0 bridgehead atoms. The fraction of sp³-hybridized carbons (Fsp3) is 0.833. The van der Waals surface area contributed by atoms with Crippen LogP contribution in [0.5, 0.6) is 0 Å². The van der Waals surface area contributed by atoms with Crippen molar-refractivity contribution in [3.05, 3.63) is 0 Å². The third kappa shape index (κ3) is 4.19. The largest absolute Gasteiger partial charge is 0.340 e. The van der Waals surface area contributed by atoms with Gasteiger partial charge >= 0.3 is 0 Å². The minimum Gasteiger partial charge on any atom is -0.340 e. The second-order valence-electron chi connectivity index (χ2n) is 4.75. The number of hydrogen-bond donors (Lipinski definition) is 0. The van der Waals surface area contributed by atoms with Crippen LogP contribution in [0.2, 0.25) is 0 Å². The Morgan fingerprint density at radius 3 is 2.44 bits per heavy atom. The Hall–Kier alpha value is -1.08. The molecule has 4 heteroatoms. The normalized spacial score (nSPS) is 17.5. The second-order valence-corrected chi connectivity index (χ2v) is 4.75. The first kappa shape index (κ1) is 13.0. The maximum atomic E-state index is 11.8. The first-order valence-electron chi connectivity index (χ1n) is 6.00. The minimum atomic E-state index is 0.269. The molecule has 0 N–H and O–H groups in total. The van der Waals surface area contributed by atoms with Gasteiger partial charge in [0, 0.05) is 32.6 Å². The number of carbonyl (C=O) groups is 1. The molecule has 1 rings (SSSR count). The Morgan fingerprint density at radius 2 is 1.94 bits per heavy atom. The molecule has 0 radical (unpaired) electrons. The summed E-state index contributed by atoms with van der Waals surface area (Å²) in [4.78, 5) is 15.8. The van der Waals surface area contributed by atoms with Crippen molar-refractivity contribution in [3.63, 3.8) is 0 Å². The first-order valence-corrected chi connectivity index (χ1v) is 6.00. The average Bonchev–Trinajstić information content (AvgIpc) is 2.27. The molecular weight excluding hydrogens is 202 g/mol. The third-order valence-electron chi connectivity index (χ3n) is 2.95. The van der Waals surface area contributed by atoms with Gasteiger partial charge in [0.15, 0.2) is 0 Å². The van der Waals surface area contributed by atoms with Crippen LogP contribution in [0.4, 0.5) is 0 Å². The molecule has 90 valence electrons.